The number of hydrogen-bond acceptors (Lipinski definition) is 6. The molecule has 0 radical (unpaired) electrons. The highest BCUT2D eigenvalue weighted by atomic mass is 32.2. The van der Waals surface area contributed by atoms with E-state index in [1.54, 1.807) is 13.0 Å². The van der Waals surface area contributed by atoms with Crippen LogP contribution in [0.1, 0.15) is 76.0 Å². The molecule has 0 aromatic heterocycles. The average Bonchev–Trinajstić information content (AvgIpc) is 3.11. The van der Waals surface area contributed by atoms with E-state index in [0.29, 0.717) is 17.7 Å². The molecule has 1 aromatic rings. The zero-order valence-electron chi connectivity index (χ0n) is 20.1. The SMILES string of the molecule is Cc1cc(C)c(N(COC(=O)C(C)(C)C)S(=O)(=O)C(F)(F)F)cc1C1=NOC2(CCCCC2)C1. The topological polar surface area (TPSA) is 85.3 Å². The maximum Gasteiger partial charge on any atom is 0.516 e. The van der Waals surface area contributed by atoms with Crippen molar-refractivity contribution in [2.45, 2.75) is 84.3 Å². The second-order valence-electron chi connectivity index (χ2n) is 10.1. The Morgan fingerprint density at radius 2 is 1.74 bits per heavy atom. The van der Waals surface area contributed by atoms with Gasteiger partial charge in [-0.15, -0.1) is 0 Å². The van der Waals surface area contributed by atoms with Crippen LogP contribution in [-0.2, 0) is 24.4 Å². The number of ether oxygens (including phenoxy) is 1. The molecule has 7 nitrogen and oxygen atoms in total. The standard InChI is InChI=1S/C23H31F3N2O5S/c1-15-11-16(2)19(12-17(15)18-13-22(33-27-18)9-7-6-8-10-22)28(34(30,31)23(24,25)26)14-32-20(29)21(3,4)5/h11-12H,6-10,13-14H2,1-5H3. The molecule has 1 heterocycles. The lowest BCUT2D eigenvalue weighted by molar-refractivity contribution is -0.152. The minimum absolute atomic E-state index is 0.0989. The van der Waals surface area contributed by atoms with Gasteiger partial charge < -0.3 is 9.57 Å². The first-order valence-electron chi connectivity index (χ1n) is 11.2. The molecule has 0 bridgehead atoms. The van der Waals surface area contributed by atoms with Gasteiger partial charge in [0.25, 0.3) is 0 Å². The molecule has 3 rings (SSSR count). The summed E-state index contributed by atoms with van der Waals surface area (Å²) < 4.78 is 70.8. The summed E-state index contributed by atoms with van der Waals surface area (Å²) in [4.78, 5) is 18.0. The fourth-order valence-corrected chi connectivity index (χ4v) is 5.17. The Balaban J connectivity index is 2.01. The monoisotopic (exact) mass is 504 g/mol. The summed E-state index contributed by atoms with van der Waals surface area (Å²) in [5.74, 6) is -0.826. The smallest absolute Gasteiger partial charge is 0.443 e. The summed E-state index contributed by atoms with van der Waals surface area (Å²) in [5, 5.41) is 4.23. The summed E-state index contributed by atoms with van der Waals surface area (Å²) >= 11 is 0. The van der Waals surface area contributed by atoms with Gasteiger partial charge in [0, 0.05) is 12.0 Å². The normalized spacial score (nSPS) is 18.4. The van der Waals surface area contributed by atoms with E-state index < -0.39 is 39.2 Å². The number of alkyl halides is 3. The second kappa shape index (κ2) is 9.05. The van der Waals surface area contributed by atoms with Gasteiger partial charge >= 0.3 is 21.5 Å². The van der Waals surface area contributed by atoms with Gasteiger partial charge in [-0.2, -0.15) is 21.6 Å². The largest absolute Gasteiger partial charge is 0.516 e. The molecule has 1 fully saturated rings. The van der Waals surface area contributed by atoms with Crippen molar-refractivity contribution in [3.8, 4) is 0 Å². The third kappa shape index (κ3) is 5.18. The predicted molar refractivity (Wildman–Crippen MR) is 122 cm³/mol. The molecule has 190 valence electrons. The van der Waals surface area contributed by atoms with E-state index in [1.807, 2.05) is 0 Å². The van der Waals surface area contributed by atoms with Crippen LogP contribution in [0, 0.1) is 19.3 Å². The molecular formula is C23H31F3N2O5S. The van der Waals surface area contributed by atoms with Gasteiger partial charge in [0.2, 0.25) is 0 Å². The summed E-state index contributed by atoms with van der Waals surface area (Å²) in [6, 6.07) is 2.96. The zero-order valence-corrected chi connectivity index (χ0v) is 20.9. The van der Waals surface area contributed by atoms with Crippen LogP contribution in [0.25, 0.3) is 0 Å². The Morgan fingerprint density at radius 3 is 2.29 bits per heavy atom. The Hall–Kier alpha value is -2.30. The van der Waals surface area contributed by atoms with E-state index in [1.165, 1.54) is 33.8 Å². The molecular weight excluding hydrogens is 473 g/mol. The summed E-state index contributed by atoms with van der Waals surface area (Å²) in [6.45, 7) is 6.74. The van der Waals surface area contributed by atoms with Crippen molar-refractivity contribution >= 4 is 27.4 Å². The third-order valence-electron chi connectivity index (χ3n) is 6.23. The van der Waals surface area contributed by atoms with Crippen LogP contribution in [0.3, 0.4) is 0 Å². The van der Waals surface area contributed by atoms with E-state index in [4.69, 9.17) is 9.57 Å². The molecule has 0 N–H and O–H groups in total. The number of nitrogens with zero attached hydrogens (tertiary/aromatic N) is 2. The number of aryl methyl sites for hydroxylation is 2. The Bertz CT molecular complexity index is 1090. The van der Waals surface area contributed by atoms with Gasteiger partial charge in [-0.3, -0.25) is 4.79 Å². The van der Waals surface area contributed by atoms with Gasteiger partial charge in [0.05, 0.1) is 16.8 Å². The maximum absolute atomic E-state index is 13.6. The van der Waals surface area contributed by atoms with Crippen molar-refractivity contribution in [1.29, 1.82) is 0 Å². The van der Waals surface area contributed by atoms with E-state index in [-0.39, 0.29) is 15.6 Å². The molecule has 0 amide bonds. The Morgan fingerprint density at radius 1 is 1.12 bits per heavy atom. The van der Waals surface area contributed by atoms with Crippen molar-refractivity contribution in [2.24, 2.45) is 10.6 Å². The van der Waals surface area contributed by atoms with Crippen LogP contribution in [0.15, 0.2) is 17.3 Å². The maximum atomic E-state index is 13.6. The van der Waals surface area contributed by atoms with E-state index in [0.717, 1.165) is 37.7 Å². The van der Waals surface area contributed by atoms with Gasteiger partial charge in [-0.1, -0.05) is 17.6 Å². The first kappa shape index (κ1) is 26.3. The number of carbonyl (C=O) groups excluding carboxylic acids is 1. The first-order chi connectivity index (χ1) is 15.6. The van der Waals surface area contributed by atoms with Crippen LogP contribution in [0.4, 0.5) is 18.9 Å². The Labute approximate surface area is 198 Å². The van der Waals surface area contributed by atoms with Gasteiger partial charge in [-0.05, 0) is 77.5 Å². The fourth-order valence-electron chi connectivity index (χ4n) is 4.28. The zero-order chi connectivity index (χ0) is 25.5. The van der Waals surface area contributed by atoms with Crippen molar-refractivity contribution in [1.82, 2.24) is 0 Å². The van der Waals surface area contributed by atoms with Crippen molar-refractivity contribution < 1.29 is 36.0 Å². The first-order valence-corrected chi connectivity index (χ1v) is 12.6. The predicted octanol–water partition coefficient (Wildman–Crippen LogP) is 5.33. The number of hydrogen-bond donors (Lipinski definition) is 0. The third-order valence-corrected chi connectivity index (χ3v) is 7.70. The average molecular weight is 505 g/mol. The number of sulfonamides is 1. The van der Waals surface area contributed by atoms with E-state index >= 15 is 0 Å². The van der Waals surface area contributed by atoms with Crippen LogP contribution >= 0.6 is 0 Å². The number of benzene rings is 1. The number of halogens is 3. The minimum Gasteiger partial charge on any atom is -0.443 e. The molecule has 1 aromatic carbocycles. The number of anilines is 1. The van der Waals surface area contributed by atoms with Crippen LogP contribution in [-0.4, -0.2) is 37.9 Å². The number of oxime groups is 1. The van der Waals surface area contributed by atoms with Crippen molar-refractivity contribution in [2.75, 3.05) is 11.0 Å². The lowest BCUT2D eigenvalue weighted by Crippen LogP contribution is -2.43. The molecule has 1 saturated carbocycles. The molecule has 1 spiro atoms. The number of carbonyl (C=O) groups is 1. The van der Waals surface area contributed by atoms with Crippen LogP contribution in [0.2, 0.25) is 0 Å². The van der Waals surface area contributed by atoms with E-state index in [2.05, 4.69) is 5.16 Å². The van der Waals surface area contributed by atoms with Crippen LogP contribution in [0.5, 0.6) is 0 Å². The Kier molecular flexibility index (Phi) is 7.00. The summed E-state index contributed by atoms with van der Waals surface area (Å²) in [6.07, 6.45) is 5.33. The van der Waals surface area contributed by atoms with Crippen LogP contribution < -0.4 is 4.31 Å². The quantitative estimate of drug-likeness (QED) is 0.400. The second-order valence-corrected chi connectivity index (χ2v) is 12.0. The minimum atomic E-state index is -5.85. The summed E-state index contributed by atoms with van der Waals surface area (Å²) in [5.41, 5.74) is -5.16. The van der Waals surface area contributed by atoms with Crippen molar-refractivity contribution in [3.05, 3.63) is 28.8 Å². The molecule has 0 saturated heterocycles. The molecule has 34 heavy (non-hydrogen) atoms. The number of esters is 1. The molecule has 2 aliphatic rings. The van der Waals surface area contributed by atoms with E-state index in [9.17, 15) is 26.4 Å². The molecule has 0 unspecified atom stereocenters. The fraction of sp³-hybridized carbons (Fsp3) is 0.652. The van der Waals surface area contributed by atoms with Gasteiger partial charge in [-0.25, -0.2) is 4.31 Å². The van der Waals surface area contributed by atoms with Gasteiger partial charge in [0.1, 0.15) is 5.60 Å². The molecule has 0 atom stereocenters. The highest BCUT2D eigenvalue weighted by molar-refractivity contribution is 7.93. The highest BCUT2D eigenvalue weighted by Crippen LogP contribution is 2.41. The molecule has 11 heteroatoms. The lowest BCUT2D eigenvalue weighted by Gasteiger charge is -2.30. The van der Waals surface area contributed by atoms with Crippen molar-refractivity contribution in [3.63, 3.8) is 0 Å². The summed E-state index contributed by atoms with van der Waals surface area (Å²) in [7, 11) is -5.85. The van der Waals surface area contributed by atoms with Gasteiger partial charge in [0.15, 0.2) is 6.73 Å². The lowest BCUT2D eigenvalue weighted by atomic mass is 9.80. The molecule has 1 aliphatic carbocycles. The highest BCUT2D eigenvalue weighted by Gasteiger charge is 2.51. The molecule has 1 aliphatic heterocycles. The number of rotatable bonds is 5.